The molecule has 92 valence electrons. The molecule has 1 aromatic carbocycles. The highest BCUT2D eigenvalue weighted by atomic mass is 35.5. The third kappa shape index (κ3) is 3.16. The average Bonchev–Trinajstić information content (AvgIpc) is 3.06. The standard InChI is InChI=1S/C13H16ClNOS/c14-13-5-11(17-12-7-16-8-12)4-1-9(13)6-15-10-2-3-10/h1,4-5,10,12,15H,2-3,6-8H2. The molecule has 2 fully saturated rings. The number of ether oxygens (including phenoxy) is 1. The quantitative estimate of drug-likeness (QED) is 0.888. The fourth-order valence-electron chi connectivity index (χ4n) is 1.76. The predicted octanol–water partition coefficient (Wildman–Crippen LogP) is 3.08. The van der Waals surface area contributed by atoms with Crippen LogP contribution in [0.2, 0.25) is 5.02 Å². The Bertz CT molecular complexity index is 404. The molecule has 0 radical (unpaired) electrons. The Hall–Kier alpha value is -0.220. The van der Waals surface area contributed by atoms with Crippen LogP contribution in [0, 0.1) is 0 Å². The molecule has 0 unspecified atom stereocenters. The van der Waals surface area contributed by atoms with Crippen LogP contribution in [0.1, 0.15) is 18.4 Å². The summed E-state index contributed by atoms with van der Waals surface area (Å²) in [6, 6.07) is 7.11. The maximum absolute atomic E-state index is 6.29. The van der Waals surface area contributed by atoms with Crippen LogP contribution in [-0.2, 0) is 11.3 Å². The Morgan fingerprint density at radius 2 is 2.18 bits per heavy atom. The lowest BCUT2D eigenvalue weighted by atomic mass is 10.2. The largest absolute Gasteiger partial charge is 0.379 e. The molecule has 2 nitrogen and oxygen atoms in total. The first-order valence-electron chi connectivity index (χ1n) is 6.07. The summed E-state index contributed by atoms with van der Waals surface area (Å²) in [5.41, 5.74) is 1.20. The monoisotopic (exact) mass is 269 g/mol. The summed E-state index contributed by atoms with van der Waals surface area (Å²) in [5.74, 6) is 0. The van der Waals surface area contributed by atoms with Crippen LogP contribution in [0.25, 0.3) is 0 Å². The zero-order valence-electron chi connectivity index (χ0n) is 9.62. The van der Waals surface area contributed by atoms with Crippen molar-refractivity contribution in [3.8, 4) is 0 Å². The highest BCUT2D eigenvalue weighted by Crippen LogP contribution is 2.31. The van der Waals surface area contributed by atoms with E-state index in [1.807, 2.05) is 11.8 Å². The SMILES string of the molecule is Clc1cc(SC2COC2)ccc1CNC1CC1. The molecule has 1 saturated heterocycles. The molecule has 4 heteroatoms. The number of thioether (sulfide) groups is 1. The third-order valence-electron chi connectivity index (χ3n) is 3.09. The second kappa shape index (κ2) is 5.19. The molecule has 0 atom stereocenters. The maximum atomic E-state index is 6.29. The van der Waals surface area contributed by atoms with Crippen LogP contribution in [-0.4, -0.2) is 24.5 Å². The highest BCUT2D eigenvalue weighted by Gasteiger charge is 2.21. The molecule has 1 saturated carbocycles. The Kier molecular flexibility index (Phi) is 3.61. The molecule has 0 aromatic heterocycles. The summed E-state index contributed by atoms with van der Waals surface area (Å²) >= 11 is 8.15. The van der Waals surface area contributed by atoms with Crippen LogP contribution in [0.15, 0.2) is 23.1 Å². The third-order valence-corrected chi connectivity index (χ3v) is 4.58. The van der Waals surface area contributed by atoms with Crippen LogP contribution < -0.4 is 5.32 Å². The molecule has 0 spiro atoms. The lowest BCUT2D eigenvalue weighted by Gasteiger charge is -2.25. The summed E-state index contributed by atoms with van der Waals surface area (Å²) in [6.45, 7) is 2.63. The number of hydrogen-bond donors (Lipinski definition) is 1. The van der Waals surface area contributed by atoms with Crippen molar-refractivity contribution in [1.29, 1.82) is 0 Å². The van der Waals surface area contributed by atoms with Crippen molar-refractivity contribution in [3.05, 3.63) is 28.8 Å². The molecular formula is C13H16ClNOS. The Balaban J connectivity index is 1.60. The minimum absolute atomic E-state index is 0.613. The average molecular weight is 270 g/mol. The summed E-state index contributed by atoms with van der Waals surface area (Å²) in [5, 5.41) is 4.98. The number of rotatable bonds is 5. The van der Waals surface area contributed by atoms with Crippen molar-refractivity contribution in [3.63, 3.8) is 0 Å². The Morgan fingerprint density at radius 3 is 2.76 bits per heavy atom. The molecule has 1 N–H and O–H groups in total. The minimum atomic E-state index is 0.613. The zero-order chi connectivity index (χ0) is 11.7. The smallest absolute Gasteiger partial charge is 0.0611 e. The first-order chi connectivity index (χ1) is 8.31. The number of nitrogens with one attached hydrogen (secondary N) is 1. The maximum Gasteiger partial charge on any atom is 0.0611 e. The fourth-order valence-corrected chi connectivity index (χ4v) is 3.12. The van der Waals surface area contributed by atoms with Crippen molar-refractivity contribution in [2.24, 2.45) is 0 Å². The zero-order valence-corrected chi connectivity index (χ0v) is 11.2. The van der Waals surface area contributed by atoms with E-state index in [0.29, 0.717) is 5.25 Å². The van der Waals surface area contributed by atoms with Gasteiger partial charge in [-0.1, -0.05) is 17.7 Å². The van der Waals surface area contributed by atoms with E-state index in [2.05, 4.69) is 23.5 Å². The molecule has 1 aliphatic heterocycles. The van der Waals surface area contributed by atoms with Gasteiger partial charge in [0.25, 0.3) is 0 Å². The van der Waals surface area contributed by atoms with Gasteiger partial charge in [-0.25, -0.2) is 0 Å². The van der Waals surface area contributed by atoms with E-state index in [0.717, 1.165) is 30.8 Å². The van der Waals surface area contributed by atoms with E-state index in [-0.39, 0.29) is 0 Å². The molecule has 1 aliphatic carbocycles. The van der Waals surface area contributed by atoms with Gasteiger partial charge >= 0.3 is 0 Å². The van der Waals surface area contributed by atoms with Gasteiger partial charge in [0.05, 0.1) is 18.5 Å². The minimum Gasteiger partial charge on any atom is -0.379 e. The summed E-state index contributed by atoms with van der Waals surface area (Å²) < 4.78 is 5.17. The normalized spacial score (nSPS) is 20.3. The molecule has 0 bridgehead atoms. The number of halogens is 1. The van der Waals surface area contributed by atoms with Crippen molar-refractivity contribution >= 4 is 23.4 Å². The molecule has 1 heterocycles. The second-order valence-corrected chi connectivity index (χ2v) is 6.47. The molecule has 1 aromatic rings. The topological polar surface area (TPSA) is 21.3 Å². The van der Waals surface area contributed by atoms with E-state index in [4.69, 9.17) is 16.3 Å². The van der Waals surface area contributed by atoms with Gasteiger partial charge in [0.2, 0.25) is 0 Å². The highest BCUT2D eigenvalue weighted by molar-refractivity contribution is 8.00. The van der Waals surface area contributed by atoms with Crippen LogP contribution in [0.4, 0.5) is 0 Å². The van der Waals surface area contributed by atoms with Gasteiger partial charge in [-0.3, -0.25) is 0 Å². The number of hydrogen-bond acceptors (Lipinski definition) is 3. The second-order valence-electron chi connectivity index (χ2n) is 4.69. The van der Waals surface area contributed by atoms with E-state index < -0.39 is 0 Å². The van der Waals surface area contributed by atoms with Crippen molar-refractivity contribution in [1.82, 2.24) is 5.32 Å². The van der Waals surface area contributed by atoms with E-state index in [1.54, 1.807) is 0 Å². The molecule has 0 amide bonds. The fraction of sp³-hybridized carbons (Fsp3) is 0.538. The van der Waals surface area contributed by atoms with Gasteiger partial charge in [-0.05, 0) is 30.5 Å². The van der Waals surface area contributed by atoms with Crippen molar-refractivity contribution in [2.45, 2.75) is 35.6 Å². The first-order valence-corrected chi connectivity index (χ1v) is 7.33. The van der Waals surface area contributed by atoms with Gasteiger partial charge in [-0.2, -0.15) is 0 Å². The lowest BCUT2D eigenvalue weighted by molar-refractivity contribution is 0.0455. The molecule has 3 rings (SSSR count). The van der Waals surface area contributed by atoms with Gasteiger partial charge < -0.3 is 10.1 Å². The number of benzene rings is 1. The molecule has 2 aliphatic rings. The van der Waals surface area contributed by atoms with E-state index in [9.17, 15) is 0 Å². The molecular weight excluding hydrogens is 254 g/mol. The Morgan fingerprint density at radius 1 is 1.35 bits per heavy atom. The van der Waals surface area contributed by atoms with Crippen LogP contribution >= 0.6 is 23.4 Å². The summed E-state index contributed by atoms with van der Waals surface area (Å²) in [6.07, 6.45) is 2.63. The predicted molar refractivity (Wildman–Crippen MR) is 71.8 cm³/mol. The van der Waals surface area contributed by atoms with E-state index in [1.165, 1.54) is 23.3 Å². The van der Waals surface area contributed by atoms with Crippen LogP contribution in [0.5, 0.6) is 0 Å². The summed E-state index contributed by atoms with van der Waals surface area (Å²) in [4.78, 5) is 1.25. The van der Waals surface area contributed by atoms with Crippen molar-refractivity contribution in [2.75, 3.05) is 13.2 Å². The molecule has 17 heavy (non-hydrogen) atoms. The van der Waals surface area contributed by atoms with Gasteiger partial charge in [0.1, 0.15) is 0 Å². The lowest BCUT2D eigenvalue weighted by Crippen LogP contribution is -2.30. The summed E-state index contributed by atoms with van der Waals surface area (Å²) in [7, 11) is 0. The van der Waals surface area contributed by atoms with Gasteiger partial charge in [0, 0.05) is 22.5 Å². The van der Waals surface area contributed by atoms with Crippen LogP contribution in [0.3, 0.4) is 0 Å². The first kappa shape index (κ1) is 11.8. The van der Waals surface area contributed by atoms with E-state index >= 15 is 0 Å². The Labute approximate surface area is 111 Å². The van der Waals surface area contributed by atoms with Crippen molar-refractivity contribution < 1.29 is 4.74 Å². The van der Waals surface area contributed by atoms with Gasteiger partial charge in [-0.15, -0.1) is 11.8 Å². The van der Waals surface area contributed by atoms with Gasteiger partial charge in [0.15, 0.2) is 0 Å².